The third kappa shape index (κ3) is 2.23. The van der Waals surface area contributed by atoms with E-state index >= 15 is 0 Å². The van der Waals surface area contributed by atoms with Crippen molar-refractivity contribution in [2.75, 3.05) is 6.54 Å². The minimum absolute atomic E-state index is 0.672. The summed E-state index contributed by atoms with van der Waals surface area (Å²) in [6.45, 7) is 1.19. The summed E-state index contributed by atoms with van der Waals surface area (Å²) in [7, 11) is 0. The highest BCUT2D eigenvalue weighted by Gasteiger charge is 2.26. The minimum Gasteiger partial charge on any atom is -0.314 e. The van der Waals surface area contributed by atoms with Gasteiger partial charge in [0.1, 0.15) is 0 Å². The summed E-state index contributed by atoms with van der Waals surface area (Å²) >= 11 is 0. The lowest BCUT2D eigenvalue weighted by Gasteiger charge is -2.22. The number of H-pyrrole nitrogens is 1. The first-order valence-electron chi connectivity index (χ1n) is 6.19. The van der Waals surface area contributed by atoms with Crippen molar-refractivity contribution in [2.24, 2.45) is 0 Å². The minimum atomic E-state index is 0.672. The van der Waals surface area contributed by atoms with Gasteiger partial charge in [0.2, 0.25) is 0 Å². The molecule has 15 heavy (non-hydrogen) atoms. The Bertz CT molecular complexity index is 321. The third-order valence-corrected chi connectivity index (χ3v) is 3.53. The van der Waals surface area contributed by atoms with Crippen LogP contribution in [0.2, 0.25) is 0 Å². The highest BCUT2D eigenvalue weighted by molar-refractivity contribution is 5.18. The second kappa shape index (κ2) is 3.97. The molecule has 1 unspecified atom stereocenters. The zero-order chi connectivity index (χ0) is 10.1. The first-order chi connectivity index (χ1) is 7.42. The zero-order valence-electron chi connectivity index (χ0n) is 9.13. The Labute approximate surface area is 90.7 Å². The van der Waals surface area contributed by atoms with Gasteiger partial charge in [-0.3, -0.25) is 5.10 Å². The number of nitrogens with one attached hydrogen (secondary N) is 2. The Morgan fingerprint density at radius 2 is 2.20 bits per heavy atom. The van der Waals surface area contributed by atoms with Gasteiger partial charge in [0.25, 0.3) is 0 Å². The molecule has 1 atom stereocenters. The molecule has 2 N–H and O–H groups in total. The standard InChI is InChI=1S/C12H19N3/c1-2-6-13-10(3-1)7-11-8-12(15-14-11)9-4-5-9/h8-10,13H,1-7H2,(H,14,15). The first-order valence-corrected chi connectivity index (χ1v) is 6.19. The number of aromatic nitrogens is 2. The number of nitrogens with zero attached hydrogens (tertiary/aromatic N) is 1. The Morgan fingerprint density at radius 1 is 1.27 bits per heavy atom. The van der Waals surface area contributed by atoms with Gasteiger partial charge in [-0.2, -0.15) is 5.10 Å². The lowest BCUT2D eigenvalue weighted by atomic mass is 10.0. The number of rotatable bonds is 3. The predicted octanol–water partition coefficient (Wildman–Crippen LogP) is 1.97. The summed E-state index contributed by atoms with van der Waals surface area (Å²) in [5, 5.41) is 11.1. The van der Waals surface area contributed by atoms with Crippen LogP contribution in [0.25, 0.3) is 0 Å². The van der Waals surface area contributed by atoms with Gasteiger partial charge >= 0.3 is 0 Å². The number of hydrogen-bond donors (Lipinski definition) is 2. The van der Waals surface area contributed by atoms with Crippen molar-refractivity contribution < 1.29 is 0 Å². The van der Waals surface area contributed by atoms with Crippen molar-refractivity contribution in [3.05, 3.63) is 17.5 Å². The Kier molecular flexibility index (Phi) is 2.49. The van der Waals surface area contributed by atoms with Crippen LogP contribution in [-0.2, 0) is 6.42 Å². The van der Waals surface area contributed by atoms with Crippen LogP contribution < -0.4 is 5.32 Å². The molecule has 2 heterocycles. The molecular weight excluding hydrogens is 186 g/mol. The maximum absolute atomic E-state index is 4.39. The lowest BCUT2D eigenvalue weighted by Crippen LogP contribution is -2.35. The van der Waals surface area contributed by atoms with E-state index < -0.39 is 0 Å². The molecule has 2 aliphatic rings. The van der Waals surface area contributed by atoms with Gasteiger partial charge in [0.15, 0.2) is 0 Å². The normalized spacial score (nSPS) is 26.8. The molecule has 1 saturated heterocycles. The van der Waals surface area contributed by atoms with Crippen molar-refractivity contribution in [3.8, 4) is 0 Å². The van der Waals surface area contributed by atoms with E-state index in [2.05, 4.69) is 21.6 Å². The van der Waals surface area contributed by atoms with Crippen molar-refractivity contribution in [2.45, 2.75) is 50.5 Å². The highest BCUT2D eigenvalue weighted by Crippen LogP contribution is 2.39. The van der Waals surface area contributed by atoms with Gasteiger partial charge in [-0.25, -0.2) is 0 Å². The van der Waals surface area contributed by atoms with Crippen LogP contribution in [0.1, 0.15) is 49.4 Å². The Hall–Kier alpha value is -0.830. The molecule has 3 nitrogen and oxygen atoms in total. The molecule has 1 aromatic rings. The van der Waals surface area contributed by atoms with Crippen molar-refractivity contribution >= 4 is 0 Å². The van der Waals surface area contributed by atoms with Crippen LogP contribution in [-0.4, -0.2) is 22.8 Å². The van der Waals surface area contributed by atoms with Crippen LogP contribution >= 0.6 is 0 Å². The van der Waals surface area contributed by atoms with Crippen LogP contribution in [0.3, 0.4) is 0 Å². The fourth-order valence-corrected chi connectivity index (χ4v) is 2.44. The van der Waals surface area contributed by atoms with Gasteiger partial charge in [0.05, 0.1) is 5.69 Å². The SMILES string of the molecule is c1c(C2CC2)n[nH]c1CC1CCCCN1. The van der Waals surface area contributed by atoms with Crippen LogP contribution in [0.5, 0.6) is 0 Å². The summed E-state index contributed by atoms with van der Waals surface area (Å²) < 4.78 is 0. The van der Waals surface area contributed by atoms with E-state index in [1.807, 2.05) is 0 Å². The van der Waals surface area contributed by atoms with Gasteiger partial charge in [-0.15, -0.1) is 0 Å². The van der Waals surface area contributed by atoms with E-state index in [0.717, 1.165) is 12.3 Å². The molecule has 1 aromatic heterocycles. The average molecular weight is 205 g/mol. The molecule has 0 aromatic carbocycles. The van der Waals surface area contributed by atoms with Crippen LogP contribution in [0, 0.1) is 0 Å². The van der Waals surface area contributed by atoms with E-state index in [1.54, 1.807) is 0 Å². The van der Waals surface area contributed by atoms with Gasteiger partial charge in [-0.1, -0.05) is 6.42 Å². The largest absolute Gasteiger partial charge is 0.314 e. The quantitative estimate of drug-likeness (QED) is 0.792. The van der Waals surface area contributed by atoms with Crippen LogP contribution in [0.15, 0.2) is 6.07 Å². The molecule has 0 spiro atoms. The number of hydrogen-bond acceptors (Lipinski definition) is 2. The summed E-state index contributed by atoms with van der Waals surface area (Å²) in [4.78, 5) is 0. The maximum Gasteiger partial charge on any atom is 0.0655 e. The smallest absolute Gasteiger partial charge is 0.0655 e. The molecule has 1 saturated carbocycles. The van der Waals surface area contributed by atoms with E-state index in [0.29, 0.717) is 6.04 Å². The van der Waals surface area contributed by atoms with Crippen molar-refractivity contribution in [1.29, 1.82) is 0 Å². The summed E-state index contributed by atoms with van der Waals surface area (Å²) in [5.41, 5.74) is 2.61. The fraction of sp³-hybridized carbons (Fsp3) is 0.750. The summed E-state index contributed by atoms with van der Waals surface area (Å²) in [5.74, 6) is 0.773. The van der Waals surface area contributed by atoms with Crippen LogP contribution in [0.4, 0.5) is 0 Å². The molecule has 82 valence electrons. The van der Waals surface area contributed by atoms with Gasteiger partial charge in [-0.05, 0) is 38.3 Å². The van der Waals surface area contributed by atoms with Gasteiger partial charge < -0.3 is 5.32 Å². The average Bonchev–Trinajstić information content (AvgIpc) is 3.02. The van der Waals surface area contributed by atoms with E-state index in [9.17, 15) is 0 Å². The van der Waals surface area contributed by atoms with Gasteiger partial charge in [0, 0.05) is 24.1 Å². The molecule has 2 fully saturated rings. The molecular formula is C12H19N3. The topological polar surface area (TPSA) is 40.7 Å². The van der Waals surface area contributed by atoms with E-state index in [4.69, 9.17) is 0 Å². The highest BCUT2D eigenvalue weighted by atomic mass is 15.1. The fourth-order valence-electron chi connectivity index (χ4n) is 2.44. The lowest BCUT2D eigenvalue weighted by molar-refractivity contribution is 0.397. The number of aromatic amines is 1. The molecule has 1 aliphatic carbocycles. The second-order valence-electron chi connectivity index (χ2n) is 4.94. The summed E-state index contributed by atoms with van der Waals surface area (Å²) in [6, 6.07) is 2.94. The molecule has 1 aliphatic heterocycles. The van der Waals surface area contributed by atoms with E-state index in [1.165, 1.54) is 50.0 Å². The zero-order valence-corrected chi connectivity index (χ0v) is 9.13. The van der Waals surface area contributed by atoms with Crippen molar-refractivity contribution in [3.63, 3.8) is 0 Å². The summed E-state index contributed by atoms with van der Waals surface area (Å²) in [6.07, 6.45) is 7.84. The number of piperidine rings is 1. The molecule has 0 radical (unpaired) electrons. The Balaban J connectivity index is 1.60. The van der Waals surface area contributed by atoms with Crippen molar-refractivity contribution in [1.82, 2.24) is 15.5 Å². The maximum atomic E-state index is 4.39. The second-order valence-corrected chi connectivity index (χ2v) is 4.94. The molecule has 0 bridgehead atoms. The first kappa shape index (κ1) is 9.40. The predicted molar refractivity (Wildman–Crippen MR) is 59.9 cm³/mol. The molecule has 0 amide bonds. The van der Waals surface area contributed by atoms with E-state index in [-0.39, 0.29) is 0 Å². The Morgan fingerprint density at radius 3 is 2.93 bits per heavy atom. The monoisotopic (exact) mass is 205 g/mol. The molecule has 3 heteroatoms. The molecule has 3 rings (SSSR count). The third-order valence-electron chi connectivity index (χ3n) is 3.53.